The summed E-state index contributed by atoms with van der Waals surface area (Å²) in [6, 6.07) is 0. The van der Waals surface area contributed by atoms with Crippen LogP contribution in [0.25, 0.3) is 0 Å². The van der Waals surface area contributed by atoms with Gasteiger partial charge < -0.3 is 14.6 Å². The SMILES string of the molecule is CC=CC(=O)OCC(C)(CO)COC(=O)C=CC. The van der Waals surface area contributed by atoms with E-state index in [9.17, 15) is 14.7 Å². The van der Waals surface area contributed by atoms with Crippen LogP contribution in [0.3, 0.4) is 0 Å². The molecular formula is C13H20O5. The fraction of sp³-hybridized carbons (Fsp3) is 0.538. The zero-order valence-electron chi connectivity index (χ0n) is 11.0. The molecule has 0 amide bonds. The van der Waals surface area contributed by atoms with Crippen molar-refractivity contribution in [2.75, 3.05) is 19.8 Å². The fourth-order valence-electron chi connectivity index (χ4n) is 0.992. The molecule has 5 heteroatoms. The highest BCUT2D eigenvalue weighted by atomic mass is 16.5. The zero-order valence-corrected chi connectivity index (χ0v) is 11.0. The van der Waals surface area contributed by atoms with Crippen LogP contribution in [0.2, 0.25) is 0 Å². The molecule has 0 spiro atoms. The van der Waals surface area contributed by atoms with Gasteiger partial charge in [0.1, 0.15) is 13.2 Å². The Labute approximate surface area is 107 Å². The molecule has 0 bridgehead atoms. The highest BCUT2D eigenvalue weighted by Crippen LogP contribution is 2.16. The maximum absolute atomic E-state index is 11.1. The van der Waals surface area contributed by atoms with Gasteiger partial charge in [-0.05, 0) is 13.8 Å². The van der Waals surface area contributed by atoms with E-state index in [0.29, 0.717) is 0 Å². The van der Waals surface area contributed by atoms with E-state index in [2.05, 4.69) is 0 Å². The Balaban J connectivity index is 4.25. The summed E-state index contributed by atoms with van der Waals surface area (Å²) >= 11 is 0. The average Bonchev–Trinajstić information content (AvgIpc) is 2.35. The Bertz CT molecular complexity index is 302. The van der Waals surface area contributed by atoms with Gasteiger partial charge in [-0.1, -0.05) is 19.1 Å². The minimum Gasteiger partial charge on any atom is -0.462 e. The van der Waals surface area contributed by atoms with E-state index in [-0.39, 0.29) is 19.8 Å². The third-order valence-corrected chi connectivity index (χ3v) is 2.11. The molecule has 0 atom stereocenters. The van der Waals surface area contributed by atoms with Gasteiger partial charge in [0, 0.05) is 12.2 Å². The number of hydrogen-bond donors (Lipinski definition) is 1. The van der Waals surface area contributed by atoms with Crippen molar-refractivity contribution < 1.29 is 24.2 Å². The lowest BCUT2D eigenvalue weighted by Crippen LogP contribution is -2.34. The molecule has 18 heavy (non-hydrogen) atoms. The summed E-state index contributed by atoms with van der Waals surface area (Å²) < 4.78 is 9.87. The van der Waals surface area contributed by atoms with Gasteiger partial charge in [0.15, 0.2) is 0 Å². The van der Waals surface area contributed by atoms with Gasteiger partial charge in [-0.25, -0.2) is 9.59 Å². The number of aliphatic hydroxyl groups excluding tert-OH is 1. The summed E-state index contributed by atoms with van der Waals surface area (Å²) in [4.78, 5) is 22.3. The van der Waals surface area contributed by atoms with Gasteiger partial charge in [-0.3, -0.25) is 0 Å². The van der Waals surface area contributed by atoms with Crippen LogP contribution < -0.4 is 0 Å². The Morgan fingerprint density at radius 2 is 1.44 bits per heavy atom. The van der Waals surface area contributed by atoms with E-state index in [4.69, 9.17) is 9.47 Å². The topological polar surface area (TPSA) is 72.8 Å². The number of esters is 2. The van der Waals surface area contributed by atoms with E-state index < -0.39 is 17.4 Å². The summed E-state index contributed by atoms with van der Waals surface area (Å²) in [7, 11) is 0. The standard InChI is InChI=1S/C13H20O5/c1-4-6-11(15)17-9-13(3,8-14)10-18-12(16)7-5-2/h4-7,14H,8-10H2,1-3H3. The highest BCUT2D eigenvalue weighted by Gasteiger charge is 2.27. The van der Waals surface area contributed by atoms with E-state index in [1.54, 1.807) is 32.9 Å². The van der Waals surface area contributed by atoms with E-state index in [1.807, 2.05) is 0 Å². The van der Waals surface area contributed by atoms with Crippen LogP contribution in [0.15, 0.2) is 24.3 Å². The van der Waals surface area contributed by atoms with Gasteiger partial charge in [0.25, 0.3) is 0 Å². The normalized spacial score (nSPS) is 14.7. The van der Waals surface area contributed by atoms with Crippen LogP contribution in [0.1, 0.15) is 20.8 Å². The molecule has 0 aromatic carbocycles. The van der Waals surface area contributed by atoms with Crippen LogP contribution >= 0.6 is 0 Å². The Kier molecular flexibility index (Phi) is 7.71. The predicted octanol–water partition coefficient (Wildman–Crippen LogP) is 1.22. The summed E-state index contributed by atoms with van der Waals surface area (Å²) in [5, 5.41) is 9.25. The molecule has 0 aliphatic rings. The van der Waals surface area contributed by atoms with Gasteiger partial charge in [0.05, 0.1) is 12.0 Å². The number of aliphatic hydroxyl groups is 1. The maximum atomic E-state index is 11.1. The fourth-order valence-corrected chi connectivity index (χ4v) is 0.992. The molecule has 0 aromatic rings. The van der Waals surface area contributed by atoms with Gasteiger partial charge in [-0.2, -0.15) is 0 Å². The minimum absolute atomic E-state index is 0.0181. The molecule has 0 unspecified atom stereocenters. The third kappa shape index (κ3) is 6.85. The number of carbonyl (C=O) groups is 2. The highest BCUT2D eigenvalue weighted by molar-refractivity contribution is 5.82. The van der Waals surface area contributed by atoms with E-state index >= 15 is 0 Å². The van der Waals surface area contributed by atoms with Gasteiger partial charge >= 0.3 is 11.9 Å². The van der Waals surface area contributed by atoms with Crippen molar-refractivity contribution in [1.82, 2.24) is 0 Å². The Hall–Kier alpha value is -1.62. The maximum Gasteiger partial charge on any atom is 0.330 e. The predicted molar refractivity (Wildman–Crippen MR) is 66.7 cm³/mol. The second-order valence-electron chi connectivity index (χ2n) is 4.18. The van der Waals surface area contributed by atoms with Crippen LogP contribution in [0.4, 0.5) is 0 Å². The molecular weight excluding hydrogens is 236 g/mol. The molecule has 0 aliphatic carbocycles. The van der Waals surface area contributed by atoms with Crippen molar-refractivity contribution in [1.29, 1.82) is 0 Å². The minimum atomic E-state index is -0.797. The van der Waals surface area contributed by atoms with Crippen LogP contribution in [-0.4, -0.2) is 36.9 Å². The lowest BCUT2D eigenvalue weighted by atomic mass is 9.94. The molecule has 0 aromatic heterocycles. The van der Waals surface area contributed by atoms with Crippen molar-refractivity contribution in [3.8, 4) is 0 Å². The average molecular weight is 256 g/mol. The monoisotopic (exact) mass is 256 g/mol. The summed E-state index contributed by atoms with van der Waals surface area (Å²) in [5.41, 5.74) is -0.797. The molecule has 1 N–H and O–H groups in total. The van der Waals surface area contributed by atoms with Gasteiger partial charge in [0.2, 0.25) is 0 Å². The van der Waals surface area contributed by atoms with Crippen molar-refractivity contribution in [3.05, 3.63) is 24.3 Å². The van der Waals surface area contributed by atoms with Crippen LogP contribution in [0, 0.1) is 5.41 Å². The van der Waals surface area contributed by atoms with Crippen molar-refractivity contribution in [2.45, 2.75) is 20.8 Å². The number of ether oxygens (including phenoxy) is 2. The first kappa shape index (κ1) is 16.4. The molecule has 0 saturated heterocycles. The smallest absolute Gasteiger partial charge is 0.330 e. The lowest BCUT2D eigenvalue weighted by molar-refractivity contribution is -0.149. The lowest BCUT2D eigenvalue weighted by Gasteiger charge is -2.25. The number of allylic oxidation sites excluding steroid dienone is 2. The van der Waals surface area contributed by atoms with Crippen LogP contribution in [0.5, 0.6) is 0 Å². The zero-order chi connectivity index (χ0) is 14.0. The largest absolute Gasteiger partial charge is 0.462 e. The van der Waals surface area contributed by atoms with E-state index in [1.165, 1.54) is 12.2 Å². The molecule has 0 aliphatic heterocycles. The van der Waals surface area contributed by atoms with Crippen molar-refractivity contribution >= 4 is 11.9 Å². The first-order chi connectivity index (χ1) is 8.47. The molecule has 102 valence electrons. The van der Waals surface area contributed by atoms with E-state index in [0.717, 1.165) is 0 Å². The molecule has 0 rings (SSSR count). The molecule has 5 nitrogen and oxygen atoms in total. The van der Waals surface area contributed by atoms with Crippen molar-refractivity contribution in [3.63, 3.8) is 0 Å². The Morgan fingerprint density at radius 3 is 1.72 bits per heavy atom. The summed E-state index contributed by atoms with van der Waals surface area (Å²) in [5.74, 6) is -0.978. The second-order valence-corrected chi connectivity index (χ2v) is 4.18. The van der Waals surface area contributed by atoms with Gasteiger partial charge in [-0.15, -0.1) is 0 Å². The summed E-state index contributed by atoms with van der Waals surface area (Å²) in [6.07, 6.45) is 5.68. The first-order valence-electron chi connectivity index (χ1n) is 5.67. The van der Waals surface area contributed by atoms with Crippen molar-refractivity contribution in [2.24, 2.45) is 5.41 Å². The van der Waals surface area contributed by atoms with Crippen LogP contribution in [-0.2, 0) is 19.1 Å². The molecule has 0 fully saturated rings. The Morgan fingerprint density at radius 1 is 1.06 bits per heavy atom. The third-order valence-electron chi connectivity index (χ3n) is 2.11. The molecule has 0 heterocycles. The summed E-state index contributed by atoms with van der Waals surface area (Å²) in [6.45, 7) is 4.78. The second kappa shape index (κ2) is 8.47. The quantitative estimate of drug-likeness (QED) is 0.547. The first-order valence-corrected chi connectivity index (χ1v) is 5.67. The molecule has 0 radical (unpaired) electrons. The number of hydrogen-bond acceptors (Lipinski definition) is 5. The molecule has 0 saturated carbocycles. The number of rotatable bonds is 7. The number of carbonyl (C=O) groups excluding carboxylic acids is 2.